The molecule has 1 atom stereocenters. The number of benzene rings is 1. The number of aromatic nitrogens is 1. The first-order valence-electron chi connectivity index (χ1n) is 9.13. The predicted octanol–water partition coefficient (Wildman–Crippen LogP) is 4.80. The third-order valence-electron chi connectivity index (χ3n) is 5.01. The van der Waals surface area contributed by atoms with Gasteiger partial charge in [-0.2, -0.15) is 13.2 Å². The van der Waals surface area contributed by atoms with Crippen LogP contribution in [-0.2, 0) is 12.6 Å². The number of amides is 1. The summed E-state index contributed by atoms with van der Waals surface area (Å²) in [5.74, 6) is 1.12. The Morgan fingerprint density at radius 1 is 1.33 bits per heavy atom. The van der Waals surface area contributed by atoms with Crippen LogP contribution in [0.1, 0.15) is 52.5 Å². The summed E-state index contributed by atoms with van der Waals surface area (Å²) in [4.78, 5) is 18.6. The monoisotopic (exact) mass is 380 g/mol. The van der Waals surface area contributed by atoms with E-state index in [1.54, 1.807) is 24.8 Å². The predicted molar refractivity (Wildman–Crippen MR) is 94.4 cm³/mol. The van der Waals surface area contributed by atoms with Gasteiger partial charge >= 0.3 is 6.18 Å². The molecule has 0 radical (unpaired) electrons. The van der Waals surface area contributed by atoms with Crippen LogP contribution in [0, 0.1) is 19.8 Å². The van der Waals surface area contributed by atoms with Crippen molar-refractivity contribution >= 4 is 5.91 Å². The Bertz CT molecular complexity index is 814. The largest absolute Gasteiger partial charge is 0.445 e. The lowest BCUT2D eigenvalue weighted by molar-refractivity contribution is -0.137. The summed E-state index contributed by atoms with van der Waals surface area (Å²) in [6.45, 7) is 4.70. The second kappa shape index (κ2) is 7.74. The van der Waals surface area contributed by atoms with Gasteiger partial charge in [-0.3, -0.25) is 4.79 Å². The quantitative estimate of drug-likeness (QED) is 0.766. The number of oxazole rings is 1. The van der Waals surface area contributed by atoms with Crippen molar-refractivity contribution in [3.05, 3.63) is 52.7 Å². The molecule has 1 aromatic carbocycles. The van der Waals surface area contributed by atoms with E-state index in [0.29, 0.717) is 42.4 Å². The minimum Gasteiger partial charge on any atom is -0.445 e. The number of piperidine rings is 1. The SMILES string of the molecule is Cc1nc(C(=O)N2CCC[C@@H](CCc3cccc(C(F)(F)F)c3)C2)c(C)o1. The van der Waals surface area contributed by atoms with E-state index in [1.165, 1.54) is 12.1 Å². The van der Waals surface area contributed by atoms with Crippen LogP contribution in [0.3, 0.4) is 0 Å². The normalized spacial score (nSPS) is 18.0. The zero-order valence-electron chi connectivity index (χ0n) is 15.5. The Kier molecular flexibility index (Phi) is 5.58. The van der Waals surface area contributed by atoms with Gasteiger partial charge in [0.2, 0.25) is 0 Å². The van der Waals surface area contributed by atoms with Crippen LogP contribution < -0.4 is 0 Å². The maximum Gasteiger partial charge on any atom is 0.416 e. The molecule has 1 aromatic heterocycles. The number of halogens is 3. The van der Waals surface area contributed by atoms with Crippen LogP contribution in [0.4, 0.5) is 13.2 Å². The number of hydrogen-bond donors (Lipinski definition) is 0. The average Bonchev–Trinajstić information content (AvgIpc) is 2.97. The minimum atomic E-state index is -4.32. The zero-order chi connectivity index (χ0) is 19.6. The molecule has 2 heterocycles. The summed E-state index contributed by atoms with van der Waals surface area (Å²) in [6, 6.07) is 5.48. The van der Waals surface area contributed by atoms with Gasteiger partial charge in [-0.1, -0.05) is 18.2 Å². The Morgan fingerprint density at radius 2 is 2.11 bits per heavy atom. The van der Waals surface area contributed by atoms with Gasteiger partial charge in [0.15, 0.2) is 11.6 Å². The second-order valence-corrected chi connectivity index (χ2v) is 7.13. The van der Waals surface area contributed by atoms with Gasteiger partial charge in [-0.25, -0.2) is 4.98 Å². The second-order valence-electron chi connectivity index (χ2n) is 7.13. The van der Waals surface area contributed by atoms with Gasteiger partial charge in [-0.05, 0) is 50.2 Å². The third-order valence-corrected chi connectivity index (χ3v) is 5.01. The van der Waals surface area contributed by atoms with Crippen molar-refractivity contribution < 1.29 is 22.4 Å². The molecule has 7 heteroatoms. The molecule has 146 valence electrons. The number of carbonyl (C=O) groups is 1. The topological polar surface area (TPSA) is 46.3 Å². The molecule has 0 aliphatic carbocycles. The minimum absolute atomic E-state index is 0.131. The van der Waals surface area contributed by atoms with Crippen LogP contribution in [-0.4, -0.2) is 28.9 Å². The highest BCUT2D eigenvalue weighted by Gasteiger charge is 2.31. The summed E-state index contributed by atoms with van der Waals surface area (Å²) < 4.78 is 43.9. The number of hydrogen-bond acceptors (Lipinski definition) is 3. The Balaban J connectivity index is 1.60. The van der Waals surface area contributed by atoms with E-state index >= 15 is 0 Å². The van der Waals surface area contributed by atoms with Crippen molar-refractivity contribution in [3.63, 3.8) is 0 Å². The maximum absolute atomic E-state index is 12.8. The number of carbonyl (C=O) groups excluding carboxylic acids is 1. The van der Waals surface area contributed by atoms with E-state index in [4.69, 9.17) is 4.42 Å². The third kappa shape index (κ3) is 4.70. The molecule has 1 fully saturated rings. The standard InChI is InChI=1S/C20H23F3N2O2/c1-13-18(24-14(2)27-13)19(26)25-10-4-6-16(12-25)9-8-15-5-3-7-17(11-15)20(21,22)23/h3,5,7,11,16H,4,6,8-10,12H2,1-2H3/t16-/m0/s1. The van der Waals surface area contributed by atoms with Crippen LogP contribution in [0.15, 0.2) is 28.7 Å². The highest BCUT2D eigenvalue weighted by Crippen LogP contribution is 2.30. The van der Waals surface area contributed by atoms with Gasteiger partial charge in [-0.15, -0.1) is 0 Å². The van der Waals surface area contributed by atoms with Crippen molar-refractivity contribution in [2.24, 2.45) is 5.92 Å². The molecule has 0 unspecified atom stereocenters. The molecular formula is C20H23F3N2O2. The summed E-state index contributed by atoms with van der Waals surface area (Å²) in [5, 5.41) is 0. The fraction of sp³-hybridized carbons (Fsp3) is 0.500. The van der Waals surface area contributed by atoms with E-state index in [2.05, 4.69) is 4.98 Å². The molecule has 0 saturated carbocycles. The van der Waals surface area contributed by atoms with Crippen LogP contribution in [0.5, 0.6) is 0 Å². The molecule has 27 heavy (non-hydrogen) atoms. The molecule has 1 amide bonds. The lowest BCUT2D eigenvalue weighted by Gasteiger charge is -2.32. The molecule has 0 bridgehead atoms. The summed E-state index contributed by atoms with van der Waals surface area (Å²) >= 11 is 0. The summed E-state index contributed by atoms with van der Waals surface area (Å²) in [6.07, 6.45) is -1.15. The first-order chi connectivity index (χ1) is 12.7. The highest BCUT2D eigenvalue weighted by molar-refractivity contribution is 5.93. The molecule has 2 aromatic rings. The first kappa shape index (κ1) is 19.5. The molecule has 1 aliphatic heterocycles. The smallest absolute Gasteiger partial charge is 0.416 e. The van der Waals surface area contributed by atoms with Gasteiger partial charge in [0.05, 0.1) is 5.56 Å². The van der Waals surface area contributed by atoms with Crippen molar-refractivity contribution in [3.8, 4) is 0 Å². The van der Waals surface area contributed by atoms with E-state index in [0.717, 1.165) is 25.3 Å². The number of likely N-dealkylation sites (tertiary alicyclic amines) is 1. The van der Waals surface area contributed by atoms with E-state index in [9.17, 15) is 18.0 Å². The van der Waals surface area contributed by atoms with E-state index < -0.39 is 11.7 Å². The summed E-state index contributed by atoms with van der Waals surface area (Å²) in [5.41, 5.74) is 0.416. The number of rotatable bonds is 4. The van der Waals surface area contributed by atoms with Gasteiger partial charge in [0.25, 0.3) is 5.91 Å². The van der Waals surface area contributed by atoms with Crippen molar-refractivity contribution in [2.45, 2.75) is 45.7 Å². The lowest BCUT2D eigenvalue weighted by Crippen LogP contribution is -2.40. The number of aryl methyl sites for hydroxylation is 3. The van der Waals surface area contributed by atoms with Crippen LogP contribution in [0.2, 0.25) is 0 Å². The van der Waals surface area contributed by atoms with Crippen molar-refractivity contribution in [1.29, 1.82) is 0 Å². The Morgan fingerprint density at radius 3 is 2.78 bits per heavy atom. The van der Waals surface area contributed by atoms with Crippen LogP contribution >= 0.6 is 0 Å². The van der Waals surface area contributed by atoms with Gasteiger partial charge < -0.3 is 9.32 Å². The molecule has 4 nitrogen and oxygen atoms in total. The fourth-order valence-electron chi connectivity index (χ4n) is 3.64. The Labute approximate surface area is 156 Å². The lowest BCUT2D eigenvalue weighted by atomic mass is 9.91. The molecule has 0 spiro atoms. The average molecular weight is 380 g/mol. The van der Waals surface area contributed by atoms with Gasteiger partial charge in [0, 0.05) is 20.0 Å². The summed E-state index contributed by atoms with van der Waals surface area (Å²) in [7, 11) is 0. The molecule has 0 N–H and O–H groups in total. The van der Waals surface area contributed by atoms with Crippen LogP contribution in [0.25, 0.3) is 0 Å². The highest BCUT2D eigenvalue weighted by atomic mass is 19.4. The Hall–Kier alpha value is -2.31. The molecule has 1 saturated heterocycles. The molecular weight excluding hydrogens is 357 g/mol. The van der Waals surface area contributed by atoms with Gasteiger partial charge in [0.1, 0.15) is 5.76 Å². The molecule has 3 rings (SSSR count). The number of nitrogens with zero attached hydrogens (tertiary/aromatic N) is 2. The first-order valence-corrected chi connectivity index (χ1v) is 9.13. The van der Waals surface area contributed by atoms with Crippen molar-refractivity contribution in [1.82, 2.24) is 9.88 Å². The maximum atomic E-state index is 12.8. The van der Waals surface area contributed by atoms with E-state index in [1.807, 2.05) is 0 Å². The fourth-order valence-corrected chi connectivity index (χ4v) is 3.64. The molecule has 1 aliphatic rings. The van der Waals surface area contributed by atoms with Crippen molar-refractivity contribution in [2.75, 3.05) is 13.1 Å². The van der Waals surface area contributed by atoms with E-state index in [-0.39, 0.29) is 11.8 Å². The zero-order valence-corrected chi connectivity index (χ0v) is 15.5. The number of alkyl halides is 3.